The molecule has 0 aliphatic carbocycles. The third-order valence-electron chi connectivity index (χ3n) is 1.86. The van der Waals surface area contributed by atoms with Crippen molar-refractivity contribution in [2.24, 2.45) is 0 Å². The van der Waals surface area contributed by atoms with Crippen LogP contribution in [-0.4, -0.2) is 46.0 Å². The SMILES string of the molecule is O=S([O-])NCCN1CCC(F)C1. The number of likely N-dealkylation sites (tertiary alicyclic amines) is 1. The minimum atomic E-state index is -2.19. The van der Waals surface area contributed by atoms with Gasteiger partial charge < -0.3 is 4.55 Å². The van der Waals surface area contributed by atoms with Crippen LogP contribution in [0.2, 0.25) is 0 Å². The Labute approximate surface area is 73.5 Å². The molecule has 1 heterocycles. The van der Waals surface area contributed by atoms with Crippen LogP contribution >= 0.6 is 0 Å². The zero-order chi connectivity index (χ0) is 8.97. The van der Waals surface area contributed by atoms with Crippen molar-refractivity contribution in [3.05, 3.63) is 0 Å². The van der Waals surface area contributed by atoms with E-state index in [4.69, 9.17) is 0 Å². The highest BCUT2D eigenvalue weighted by Crippen LogP contribution is 2.10. The number of rotatable bonds is 4. The van der Waals surface area contributed by atoms with Crippen molar-refractivity contribution in [2.45, 2.75) is 12.6 Å². The maximum atomic E-state index is 12.6. The Kier molecular flexibility index (Phi) is 4.07. The summed E-state index contributed by atoms with van der Waals surface area (Å²) in [6.07, 6.45) is -0.164. The molecule has 0 aromatic heterocycles. The lowest BCUT2D eigenvalue weighted by molar-refractivity contribution is 0.291. The molecule has 2 unspecified atom stereocenters. The van der Waals surface area contributed by atoms with Crippen LogP contribution in [0.25, 0.3) is 0 Å². The number of hydrogen-bond acceptors (Lipinski definition) is 3. The molecule has 1 fully saturated rings. The van der Waals surface area contributed by atoms with Crippen LogP contribution in [-0.2, 0) is 11.3 Å². The standard InChI is InChI=1S/C6H13FN2O2S/c7-6-1-3-9(5-6)4-2-8-12(10)11/h6,8H,1-5H2,(H,10,11)/p-1. The maximum Gasteiger partial charge on any atom is 0.114 e. The monoisotopic (exact) mass is 195 g/mol. The summed E-state index contributed by atoms with van der Waals surface area (Å²) in [6, 6.07) is 0. The first-order valence-corrected chi connectivity index (χ1v) is 4.95. The Morgan fingerprint density at radius 1 is 1.75 bits per heavy atom. The molecule has 4 nitrogen and oxygen atoms in total. The zero-order valence-corrected chi connectivity index (χ0v) is 7.48. The first-order chi connectivity index (χ1) is 5.68. The van der Waals surface area contributed by atoms with Crippen LogP contribution in [0.3, 0.4) is 0 Å². The molecule has 1 saturated heterocycles. The summed E-state index contributed by atoms with van der Waals surface area (Å²) in [5.41, 5.74) is 0. The fourth-order valence-electron chi connectivity index (χ4n) is 1.28. The van der Waals surface area contributed by atoms with E-state index in [9.17, 15) is 13.2 Å². The summed E-state index contributed by atoms with van der Waals surface area (Å²) >= 11 is -2.19. The molecule has 0 aromatic carbocycles. The highest BCUT2D eigenvalue weighted by Gasteiger charge is 2.20. The molecule has 0 spiro atoms. The summed E-state index contributed by atoms with van der Waals surface area (Å²) in [7, 11) is 0. The molecule has 0 bridgehead atoms. The molecule has 0 aromatic rings. The Balaban J connectivity index is 2.04. The third-order valence-corrected chi connectivity index (χ3v) is 2.30. The molecule has 6 heteroatoms. The van der Waals surface area contributed by atoms with Crippen molar-refractivity contribution in [1.29, 1.82) is 0 Å². The highest BCUT2D eigenvalue weighted by molar-refractivity contribution is 7.77. The van der Waals surface area contributed by atoms with Gasteiger partial charge in [0.15, 0.2) is 0 Å². The van der Waals surface area contributed by atoms with E-state index in [1.54, 1.807) is 0 Å². The van der Waals surface area contributed by atoms with Crippen molar-refractivity contribution >= 4 is 11.3 Å². The predicted octanol–water partition coefficient (Wildman–Crippen LogP) is -0.586. The molecule has 1 N–H and O–H groups in total. The van der Waals surface area contributed by atoms with Crippen LogP contribution in [0.5, 0.6) is 0 Å². The largest absolute Gasteiger partial charge is 0.760 e. The lowest BCUT2D eigenvalue weighted by atomic mass is 10.3. The summed E-state index contributed by atoms with van der Waals surface area (Å²) in [4.78, 5) is 1.91. The topological polar surface area (TPSA) is 55.4 Å². The molecular weight excluding hydrogens is 183 g/mol. The minimum absolute atomic E-state index is 0.364. The molecule has 72 valence electrons. The molecule has 0 saturated carbocycles. The van der Waals surface area contributed by atoms with Crippen LogP contribution in [0.4, 0.5) is 4.39 Å². The molecule has 1 aliphatic heterocycles. The zero-order valence-electron chi connectivity index (χ0n) is 6.66. The first kappa shape index (κ1) is 10.0. The van der Waals surface area contributed by atoms with Crippen molar-refractivity contribution < 1.29 is 13.2 Å². The van der Waals surface area contributed by atoms with Crippen molar-refractivity contribution in [1.82, 2.24) is 9.62 Å². The van der Waals surface area contributed by atoms with Gasteiger partial charge in [0.25, 0.3) is 0 Å². The lowest BCUT2D eigenvalue weighted by Gasteiger charge is -2.15. The van der Waals surface area contributed by atoms with Crippen molar-refractivity contribution in [2.75, 3.05) is 26.2 Å². The van der Waals surface area contributed by atoms with Crippen molar-refractivity contribution in [3.63, 3.8) is 0 Å². The van der Waals surface area contributed by atoms with Gasteiger partial charge in [0.1, 0.15) is 6.17 Å². The van der Waals surface area contributed by atoms with Crippen LogP contribution in [0.1, 0.15) is 6.42 Å². The van der Waals surface area contributed by atoms with E-state index in [2.05, 4.69) is 4.72 Å². The van der Waals surface area contributed by atoms with Gasteiger partial charge in [-0.25, -0.2) is 9.11 Å². The molecule has 12 heavy (non-hydrogen) atoms. The number of hydrogen-bond donors (Lipinski definition) is 1. The van der Waals surface area contributed by atoms with Gasteiger partial charge in [-0.1, -0.05) is 0 Å². The summed E-state index contributed by atoms with van der Waals surface area (Å²) in [6.45, 7) is 2.12. The fourth-order valence-corrected chi connectivity index (χ4v) is 1.53. The molecule has 1 aliphatic rings. The number of halogens is 1. The first-order valence-electron chi connectivity index (χ1n) is 3.87. The number of nitrogens with one attached hydrogen (secondary N) is 1. The average molecular weight is 195 g/mol. The molecule has 0 amide bonds. The smallest absolute Gasteiger partial charge is 0.114 e. The molecular formula is C6H12FN2O2S-. The van der Waals surface area contributed by atoms with Gasteiger partial charge in [0.05, 0.1) is 0 Å². The van der Waals surface area contributed by atoms with E-state index in [1.807, 2.05) is 4.90 Å². The van der Waals surface area contributed by atoms with Gasteiger partial charge in [-0.3, -0.25) is 9.11 Å². The van der Waals surface area contributed by atoms with Gasteiger partial charge in [0, 0.05) is 37.4 Å². The van der Waals surface area contributed by atoms with Crippen molar-refractivity contribution in [3.8, 4) is 0 Å². The molecule has 1 rings (SSSR count). The second-order valence-electron chi connectivity index (χ2n) is 2.82. The van der Waals surface area contributed by atoms with Crippen LogP contribution in [0, 0.1) is 0 Å². The van der Waals surface area contributed by atoms with Gasteiger partial charge in [-0.2, -0.15) is 0 Å². The molecule has 2 atom stereocenters. The molecule has 0 radical (unpaired) electrons. The van der Waals surface area contributed by atoms with Gasteiger partial charge >= 0.3 is 0 Å². The quantitative estimate of drug-likeness (QED) is 0.610. The van der Waals surface area contributed by atoms with Gasteiger partial charge in [-0.15, -0.1) is 0 Å². The Morgan fingerprint density at radius 2 is 2.50 bits per heavy atom. The Hall–Kier alpha value is -0.0400. The lowest BCUT2D eigenvalue weighted by Crippen LogP contribution is -2.31. The second-order valence-corrected chi connectivity index (χ2v) is 3.57. The van der Waals surface area contributed by atoms with E-state index in [0.717, 1.165) is 6.54 Å². The number of alkyl halides is 1. The predicted molar refractivity (Wildman–Crippen MR) is 42.9 cm³/mol. The van der Waals surface area contributed by atoms with Crippen LogP contribution in [0.15, 0.2) is 0 Å². The minimum Gasteiger partial charge on any atom is -0.760 e. The van der Waals surface area contributed by atoms with E-state index < -0.39 is 17.4 Å². The van der Waals surface area contributed by atoms with E-state index in [0.29, 0.717) is 26.1 Å². The highest BCUT2D eigenvalue weighted by atomic mass is 32.2. The Morgan fingerprint density at radius 3 is 3.00 bits per heavy atom. The van der Waals surface area contributed by atoms with Gasteiger partial charge in [0.2, 0.25) is 0 Å². The third kappa shape index (κ3) is 3.57. The van der Waals surface area contributed by atoms with E-state index in [-0.39, 0.29) is 0 Å². The summed E-state index contributed by atoms with van der Waals surface area (Å²) in [5, 5.41) is 0. The van der Waals surface area contributed by atoms with E-state index >= 15 is 0 Å². The van der Waals surface area contributed by atoms with Gasteiger partial charge in [-0.05, 0) is 6.42 Å². The normalized spacial score (nSPS) is 27.7. The van der Waals surface area contributed by atoms with Crippen LogP contribution < -0.4 is 4.72 Å². The summed E-state index contributed by atoms with van der Waals surface area (Å²) in [5.74, 6) is 0. The summed E-state index contributed by atoms with van der Waals surface area (Å²) < 4.78 is 34.9. The average Bonchev–Trinajstić information content (AvgIpc) is 2.35. The maximum absolute atomic E-state index is 12.6. The fraction of sp³-hybridized carbons (Fsp3) is 1.00. The number of nitrogens with zero attached hydrogens (tertiary/aromatic N) is 1. The second kappa shape index (κ2) is 4.86. The Bertz CT molecular complexity index is 170. The van der Waals surface area contributed by atoms with E-state index in [1.165, 1.54) is 0 Å².